The number of aliphatic carboxylic acids is 1. The lowest BCUT2D eigenvalue weighted by molar-refractivity contribution is -0.163. The molecule has 9 heteroatoms. The molecule has 3 rings (SSSR count). The summed E-state index contributed by atoms with van der Waals surface area (Å²) in [5.74, 6) is -2.07. The van der Waals surface area contributed by atoms with Crippen LogP contribution in [0.4, 0.5) is 0 Å². The van der Waals surface area contributed by atoms with E-state index in [9.17, 15) is 19.8 Å². The monoisotopic (exact) mass is 368 g/mol. The van der Waals surface area contributed by atoms with Gasteiger partial charge in [-0.05, 0) is 31.9 Å². The van der Waals surface area contributed by atoms with Gasteiger partial charge in [-0.2, -0.15) is 0 Å². The van der Waals surface area contributed by atoms with Crippen molar-refractivity contribution in [3.8, 4) is 0 Å². The van der Waals surface area contributed by atoms with Crippen LogP contribution in [0.25, 0.3) is 0 Å². The van der Waals surface area contributed by atoms with Crippen LogP contribution in [0, 0.1) is 17.2 Å². The van der Waals surface area contributed by atoms with Gasteiger partial charge in [-0.15, -0.1) is 0 Å². The first kappa shape index (κ1) is 18.2. The molecule has 138 valence electrons. The maximum absolute atomic E-state index is 12.3. The number of hydrogen-bond donors (Lipinski definition) is 4. The Morgan fingerprint density at radius 2 is 2.20 bits per heavy atom. The summed E-state index contributed by atoms with van der Waals surface area (Å²) in [5.41, 5.74) is 6.30. The maximum atomic E-state index is 12.3. The smallest absolute Gasteiger partial charge is 0.352 e. The van der Waals surface area contributed by atoms with Crippen LogP contribution in [0.2, 0.25) is 0 Å². The molecule has 5 N–H and O–H groups in total. The molecule has 0 bridgehead atoms. The number of thioether (sulfide) groups is 1. The van der Waals surface area contributed by atoms with Crippen LogP contribution in [-0.2, 0) is 9.59 Å². The first-order valence-corrected chi connectivity index (χ1v) is 9.34. The fourth-order valence-electron chi connectivity index (χ4n) is 4.33. The number of carboxylic acids is 1. The molecule has 2 fully saturated rings. The van der Waals surface area contributed by atoms with Crippen molar-refractivity contribution in [2.24, 2.45) is 17.6 Å². The van der Waals surface area contributed by atoms with E-state index in [1.54, 1.807) is 6.92 Å². The molecular formula is C16H24N4O4S. The Kier molecular flexibility index (Phi) is 4.82. The summed E-state index contributed by atoms with van der Waals surface area (Å²) in [6.45, 7) is 4.76. The Bertz CT molecular complexity index is 650. The van der Waals surface area contributed by atoms with Crippen molar-refractivity contribution in [1.82, 2.24) is 9.80 Å². The van der Waals surface area contributed by atoms with Gasteiger partial charge < -0.3 is 20.8 Å². The number of carboxylic acid groups (broad SMARTS) is 1. The second-order valence-electron chi connectivity index (χ2n) is 6.98. The molecule has 25 heavy (non-hydrogen) atoms. The third-order valence-electron chi connectivity index (χ3n) is 5.46. The van der Waals surface area contributed by atoms with Gasteiger partial charge in [-0.3, -0.25) is 15.1 Å². The third-order valence-corrected chi connectivity index (χ3v) is 6.52. The van der Waals surface area contributed by atoms with Crippen molar-refractivity contribution < 1.29 is 19.8 Å². The van der Waals surface area contributed by atoms with E-state index in [2.05, 4.69) is 4.90 Å². The summed E-state index contributed by atoms with van der Waals surface area (Å²) >= 11 is 1.28. The molecule has 2 unspecified atom stereocenters. The summed E-state index contributed by atoms with van der Waals surface area (Å²) in [6, 6.07) is -0.282. The Balaban J connectivity index is 1.85. The summed E-state index contributed by atoms with van der Waals surface area (Å²) in [5, 5.41) is 27.1. The van der Waals surface area contributed by atoms with Crippen LogP contribution >= 0.6 is 11.8 Å². The Morgan fingerprint density at radius 1 is 1.52 bits per heavy atom. The van der Waals surface area contributed by atoms with Gasteiger partial charge in [0.15, 0.2) is 5.17 Å². The number of aliphatic hydroxyl groups excluding tert-OH is 1. The Labute approximate surface area is 150 Å². The van der Waals surface area contributed by atoms with E-state index >= 15 is 0 Å². The molecule has 0 saturated carbocycles. The van der Waals surface area contributed by atoms with Crippen LogP contribution in [-0.4, -0.2) is 67.7 Å². The van der Waals surface area contributed by atoms with E-state index in [0.29, 0.717) is 6.54 Å². The average molecular weight is 368 g/mol. The molecule has 1 amide bonds. The van der Waals surface area contributed by atoms with Crippen molar-refractivity contribution in [3.05, 3.63) is 11.3 Å². The maximum Gasteiger partial charge on any atom is 0.352 e. The summed E-state index contributed by atoms with van der Waals surface area (Å²) < 4.78 is 0. The molecule has 3 aliphatic rings. The van der Waals surface area contributed by atoms with Crippen molar-refractivity contribution in [2.45, 2.75) is 44.2 Å². The minimum absolute atomic E-state index is 0.0528. The fraction of sp³-hybridized carbons (Fsp3) is 0.688. The van der Waals surface area contributed by atoms with Gasteiger partial charge in [0.2, 0.25) is 5.91 Å². The van der Waals surface area contributed by atoms with E-state index < -0.39 is 18.0 Å². The van der Waals surface area contributed by atoms with Crippen molar-refractivity contribution in [3.63, 3.8) is 0 Å². The van der Waals surface area contributed by atoms with E-state index in [4.69, 9.17) is 11.1 Å². The van der Waals surface area contributed by atoms with Gasteiger partial charge in [-0.25, -0.2) is 4.79 Å². The number of β-lactam (4-membered cyclic amide) rings is 1. The van der Waals surface area contributed by atoms with Crippen LogP contribution < -0.4 is 5.73 Å². The molecule has 0 aromatic carbocycles. The van der Waals surface area contributed by atoms with Gasteiger partial charge in [0.25, 0.3) is 0 Å². The predicted octanol–water partition coefficient (Wildman–Crippen LogP) is 0.231. The van der Waals surface area contributed by atoms with Gasteiger partial charge in [0.1, 0.15) is 5.70 Å². The number of amidine groups is 1. The number of nitrogens with one attached hydrogen (secondary N) is 1. The van der Waals surface area contributed by atoms with E-state index in [0.717, 1.165) is 25.0 Å². The molecule has 0 aromatic rings. The number of carbonyl (C=O) groups excluding carboxylic acids is 1. The number of carbonyl (C=O) groups is 2. The lowest BCUT2D eigenvalue weighted by Crippen LogP contribution is -2.63. The molecule has 5 atom stereocenters. The highest BCUT2D eigenvalue weighted by atomic mass is 32.2. The zero-order chi connectivity index (χ0) is 18.5. The highest BCUT2D eigenvalue weighted by Crippen LogP contribution is 2.47. The topological polar surface area (TPSA) is 131 Å². The molecular weight excluding hydrogens is 344 g/mol. The zero-order valence-corrected chi connectivity index (χ0v) is 15.1. The first-order chi connectivity index (χ1) is 11.7. The highest BCUT2D eigenvalue weighted by molar-refractivity contribution is 8.14. The average Bonchev–Trinajstić information content (AvgIpc) is 3.01. The van der Waals surface area contributed by atoms with E-state index in [-0.39, 0.29) is 34.1 Å². The predicted molar refractivity (Wildman–Crippen MR) is 93.7 cm³/mol. The summed E-state index contributed by atoms with van der Waals surface area (Å²) in [6.07, 6.45) is 1.08. The molecule has 0 aliphatic carbocycles. The normalized spacial score (nSPS) is 33.4. The minimum Gasteiger partial charge on any atom is -0.477 e. The summed E-state index contributed by atoms with van der Waals surface area (Å²) in [4.78, 5) is 27.6. The Morgan fingerprint density at radius 3 is 2.76 bits per heavy atom. The number of nitrogens with zero attached hydrogens (tertiary/aromatic N) is 2. The number of amides is 1. The van der Waals surface area contributed by atoms with E-state index in [1.165, 1.54) is 16.7 Å². The minimum atomic E-state index is -1.10. The largest absolute Gasteiger partial charge is 0.477 e. The fourth-order valence-corrected chi connectivity index (χ4v) is 5.24. The lowest BCUT2D eigenvalue weighted by atomic mass is 9.77. The molecule has 2 saturated heterocycles. The highest BCUT2D eigenvalue weighted by Gasteiger charge is 2.59. The van der Waals surface area contributed by atoms with Gasteiger partial charge in [-0.1, -0.05) is 18.7 Å². The lowest BCUT2D eigenvalue weighted by Gasteiger charge is -2.46. The van der Waals surface area contributed by atoms with Crippen LogP contribution in [0.5, 0.6) is 0 Å². The van der Waals surface area contributed by atoms with E-state index in [1.807, 2.05) is 6.92 Å². The molecule has 0 spiro atoms. The quantitative estimate of drug-likeness (QED) is 0.310. The van der Waals surface area contributed by atoms with Crippen molar-refractivity contribution in [2.75, 3.05) is 13.1 Å². The van der Waals surface area contributed by atoms with Gasteiger partial charge in [0, 0.05) is 12.5 Å². The number of fused-ring (bicyclic) bond motifs is 1. The SMILES string of the molecule is C[C@H]1C(CN2CCCC2SC(=N)N)=C(C(=O)O)N2C(=O)[C@H]([C@@H](C)O)C12. The van der Waals surface area contributed by atoms with Crippen LogP contribution in [0.1, 0.15) is 26.7 Å². The van der Waals surface area contributed by atoms with Crippen molar-refractivity contribution in [1.29, 1.82) is 5.41 Å². The molecule has 8 nitrogen and oxygen atoms in total. The number of hydrogen-bond acceptors (Lipinski definition) is 6. The molecule has 3 aliphatic heterocycles. The number of rotatable bonds is 5. The van der Waals surface area contributed by atoms with Gasteiger partial charge >= 0.3 is 5.97 Å². The standard InChI is InChI=1S/C16H24N4O4S/c1-7-9(6-19-5-3-4-10(19)25-16(17)18)13(15(23)24)20-12(7)11(8(2)21)14(20)22/h7-8,10-12,21H,3-6H2,1-2H3,(H3,17,18)(H,23,24)/t7-,8+,10?,11+,12?/m0/s1. The number of likely N-dealkylation sites (tertiary alicyclic amines) is 1. The second kappa shape index (κ2) is 6.62. The van der Waals surface area contributed by atoms with Crippen molar-refractivity contribution >= 4 is 28.8 Å². The van der Waals surface area contributed by atoms with Gasteiger partial charge in [0.05, 0.1) is 23.4 Å². The number of nitrogens with two attached hydrogens (primary N) is 1. The van der Waals surface area contributed by atoms with Crippen LogP contribution in [0.3, 0.4) is 0 Å². The molecule has 0 radical (unpaired) electrons. The number of aliphatic hydroxyl groups is 1. The first-order valence-electron chi connectivity index (χ1n) is 8.46. The molecule has 0 aromatic heterocycles. The second-order valence-corrected chi connectivity index (χ2v) is 8.20. The third kappa shape index (κ3) is 2.94. The Hall–Kier alpha value is -1.58. The van der Waals surface area contributed by atoms with Crippen LogP contribution in [0.15, 0.2) is 11.3 Å². The molecule has 3 heterocycles. The zero-order valence-electron chi connectivity index (χ0n) is 14.3. The summed E-state index contributed by atoms with van der Waals surface area (Å²) in [7, 11) is 0.